The van der Waals surface area contributed by atoms with E-state index >= 15 is 0 Å². The Morgan fingerprint density at radius 3 is 3.11 bits per heavy atom. The summed E-state index contributed by atoms with van der Waals surface area (Å²) in [5, 5.41) is 0. The molecule has 0 amide bonds. The van der Waals surface area contributed by atoms with Crippen molar-refractivity contribution in [1.82, 2.24) is 4.98 Å². The van der Waals surface area contributed by atoms with Crippen LogP contribution in [0, 0.1) is 5.92 Å². The summed E-state index contributed by atoms with van der Waals surface area (Å²) < 4.78 is 5.67. The number of rotatable bonds is 4. The first-order valence-corrected chi connectivity index (χ1v) is 6.82. The normalized spacial score (nSPS) is 24.1. The summed E-state index contributed by atoms with van der Waals surface area (Å²) in [6.07, 6.45) is 4.26. The maximum Gasteiger partial charge on any atom is 0.171 e. The molecule has 2 heterocycles. The predicted molar refractivity (Wildman–Crippen MR) is 74.0 cm³/mol. The van der Waals surface area contributed by atoms with Crippen LogP contribution in [0.25, 0.3) is 0 Å². The second kappa shape index (κ2) is 6.05. The molecule has 4 nitrogen and oxygen atoms in total. The Bertz CT molecular complexity index is 383. The smallest absolute Gasteiger partial charge is 0.171 e. The standard InChI is InChI=1S/C14H23N3O/c1-3-18-13-7-4-8-16-14(13)17-9-5-6-11(2)12(17)10-15/h4,7-8,11-12H,3,5-6,9-10,15H2,1-2H3. The van der Waals surface area contributed by atoms with Gasteiger partial charge >= 0.3 is 0 Å². The zero-order chi connectivity index (χ0) is 13.0. The number of hydrogen-bond donors (Lipinski definition) is 1. The summed E-state index contributed by atoms with van der Waals surface area (Å²) in [5.74, 6) is 2.43. The van der Waals surface area contributed by atoms with E-state index in [2.05, 4.69) is 16.8 Å². The molecule has 0 bridgehead atoms. The van der Waals surface area contributed by atoms with Crippen LogP contribution in [-0.2, 0) is 0 Å². The van der Waals surface area contributed by atoms with E-state index in [0.717, 1.165) is 18.1 Å². The molecule has 0 spiro atoms. The molecule has 0 aromatic carbocycles. The van der Waals surface area contributed by atoms with Crippen LogP contribution < -0.4 is 15.4 Å². The van der Waals surface area contributed by atoms with Gasteiger partial charge in [-0.15, -0.1) is 0 Å². The Morgan fingerprint density at radius 2 is 2.39 bits per heavy atom. The molecular formula is C14H23N3O. The molecule has 18 heavy (non-hydrogen) atoms. The Balaban J connectivity index is 2.28. The Hall–Kier alpha value is -1.29. The van der Waals surface area contributed by atoms with Crippen LogP contribution in [0.4, 0.5) is 5.82 Å². The average Bonchev–Trinajstić information content (AvgIpc) is 2.39. The van der Waals surface area contributed by atoms with Gasteiger partial charge in [0.1, 0.15) is 0 Å². The second-order valence-corrected chi connectivity index (χ2v) is 4.87. The fraction of sp³-hybridized carbons (Fsp3) is 0.643. The highest BCUT2D eigenvalue weighted by atomic mass is 16.5. The van der Waals surface area contributed by atoms with Gasteiger partial charge in [0.05, 0.1) is 6.61 Å². The number of nitrogens with two attached hydrogens (primary N) is 1. The summed E-state index contributed by atoms with van der Waals surface area (Å²) in [6, 6.07) is 4.27. The monoisotopic (exact) mass is 249 g/mol. The van der Waals surface area contributed by atoms with Gasteiger partial charge in [0.15, 0.2) is 11.6 Å². The van der Waals surface area contributed by atoms with E-state index in [-0.39, 0.29) is 0 Å². The number of anilines is 1. The number of aromatic nitrogens is 1. The fourth-order valence-corrected chi connectivity index (χ4v) is 2.74. The summed E-state index contributed by atoms with van der Waals surface area (Å²) in [7, 11) is 0. The van der Waals surface area contributed by atoms with Crippen molar-refractivity contribution >= 4 is 5.82 Å². The van der Waals surface area contributed by atoms with Crippen molar-refractivity contribution in [1.29, 1.82) is 0 Å². The van der Waals surface area contributed by atoms with Crippen LogP contribution in [-0.4, -0.2) is 30.7 Å². The number of pyridine rings is 1. The first-order chi connectivity index (χ1) is 8.77. The van der Waals surface area contributed by atoms with Crippen molar-refractivity contribution in [2.45, 2.75) is 32.7 Å². The molecule has 2 rings (SSSR count). The third-order valence-electron chi connectivity index (χ3n) is 3.68. The van der Waals surface area contributed by atoms with Gasteiger partial charge in [-0.05, 0) is 37.8 Å². The SMILES string of the molecule is CCOc1cccnc1N1CCCC(C)C1CN. The third kappa shape index (κ3) is 2.58. The minimum absolute atomic E-state index is 0.368. The van der Waals surface area contributed by atoms with Crippen molar-refractivity contribution in [3.8, 4) is 5.75 Å². The highest BCUT2D eigenvalue weighted by Gasteiger charge is 2.29. The minimum Gasteiger partial charge on any atom is -0.490 e. The molecule has 2 unspecified atom stereocenters. The van der Waals surface area contributed by atoms with E-state index in [4.69, 9.17) is 10.5 Å². The lowest BCUT2D eigenvalue weighted by atomic mass is 9.91. The summed E-state index contributed by atoms with van der Waals surface area (Å²) >= 11 is 0. The van der Waals surface area contributed by atoms with Crippen LogP contribution in [0.15, 0.2) is 18.3 Å². The van der Waals surface area contributed by atoms with Crippen LogP contribution in [0.1, 0.15) is 26.7 Å². The van der Waals surface area contributed by atoms with Crippen LogP contribution >= 0.6 is 0 Å². The molecule has 1 aromatic rings. The molecule has 100 valence electrons. The van der Waals surface area contributed by atoms with Crippen LogP contribution in [0.5, 0.6) is 5.75 Å². The van der Waals surface area contributed by atoms with Gasteiger partial charge in [-0.3, -0.25) is 0 Å². The molecule has 1 aliphatic heterocycles. The zero-order valence-corrected chi connectivity index (χ0v) is 11.3. The first kappa shape index (κ1) is 13.1. The number of hydrogen-bond acceptors (Lipinski definition) is 4. The molecular weight excluding hydrogens is 226 g/mol. The molecule has 1 fully saturated rings. The highest BCUT2D eigenvalue weighted by molar-refractivity contribution is 5.53. The van der Waals surface area contributed by atoms with Crippen molar-refractivity contribution in [3.05, 3.63) is 18.3 Å². The van der Waals surface area contributed by atoms with Gasteiger partial charge < -0.3 is 15.4 Å². The molecule has 2 N–H and O–H groups in total. The van der Waals surface area contributed by atoms with Crippen molar-refractivity contribution < 1.29 is 4.74 Å². The van der Waals surface area contributed by atoms with Gasteiger partial charge in [-0.25, -0.2) is 4.98 Å². The summed E-state index contributed by atoms with van der Waals surface area (Å²) in [5.41, 5.74) is 5.94. The molecule has 2 atom stereocenters. The number of ether oxygens (including phenoxy) is 1. The molecule has 1 saturated heterocycles. The van der Waals surface area contributed by atoms with Gasteiger partial charge in [0.25, 0.3) is 0 Å². The molecule has 4 heteroatoms. The number of piperidine rings is 1. The van der Waals surface area contributed by atoms with Crippen molar-refractivity contribution in [3.63, 3.8) is 0 Å². The Kier molecular flexibility index (Phi) is 4.42. The maximum absolute atomic E-state index is 5.94. The fourth-order valence-electron chi connectivity index (χ4n) is 2.74. The van der Waals surface area contributed by atoms with Gasteiger partial charge in [0.2, 0.25) is 0 Å². The highest BCUT2D eigenvalue weighted by Crippen LogP contribution is 2.32. The largest absolute Gasteiger partial charge is 0.490 e. The lowest BCUT2D eigenvalue weighted by molar-refractivity contribution is 0.322. The molecule has 0 radical (unpaired) electrons. The topological polar surface area (TPSA) is 51.4 Å². The van der Waals surface area contributed by atoms with Crippen LogP contribution in [0.3, 0.4) is 0 Å². The molecule has 0 aliphatic carbocycles. The van der Waals surface area contributed by atoms with Gasteiger partial charge in [0, 0.05) is 25.3 Å². The number of nitrogens with zero attached hydrogens (tertiary/aromatic N) is 2. The van der Waals surface area contributed by atoms with E-state index in [0.29, 0.717) is 25.1 Å². The summed E-state index contributed by atoms with van der Waals surface area (Å²) in [4.78, 5) is 6.82. The maximum atomic E-state index is 5.94. The molecule has 1 aliphatic rings. The van der Waals surface area contributed by atoms with Crippen LogP contribution in [0.2, 0.25) is 0 Å². The second-order valence-electron chi connectivity index (χ2n) is 4.87. The van der Waals surface area contributed by atoms with E-state index in [1.807, 2.05) is 25.3 Å². The van der Waals surface area contributed by atoms with Crippen molar-refractivity contribution in [2.75, 3.05) is 24.6 Å². The predicted octanol–water partition coefficient (Wildman–Crippen LogP) is 2.04. The quantitative estimate of drug-likeness (QED) is 0.887. The Morgan fingerprint density at radius 1 is 1.56 bits per heavy atom. The first-order valence-electron chi connectivity index (χ1n) is 6.82. The molecule has 1 aromatic heterocycles. The lowest BCUT2D eigenvalue weighted by Gasteiger charge is -2.40. The Labute approximate surface area is 109 Å². The third-order valence-corrected chi connectivity index (χ3v) is 3.68. The van der Waals surface area contributed by atoms with E-state index < -0.39 is 0 Å². The zero-order valence-electron chi connectivity index (χ0n) is 11.3. The molecule has 0 saturated carbocycles. The lowest BCUT2D eigenvalue weighted by Crippen LogP contribution is -2.49. The minimum atomic E-state index is 0.368. The van der Waals surface area contributed by atoms with Gasteiger partial charge in [-0.2, -0.15) is 0 Å². The average molecular weight is 249 g/mol. The van der Waals surface area contributed by atoms with Crippen molar-refractivity contribution in [2.24, 2.45) is 11.7 Å². The van der Waals surface area contributed by atoms with E-state index in [1.165, 1.54) is 12.8 Å². The van der Waals surface area contributed by atoms with Gasteiger partial charge in [-0.1, -0.05) is 6.92 Å². The summed E-state index contributed by atoms with van der Waals surface area (Å²) in [6.45, 7) is 6.62. The van der Waals surface area contributed by atoms with E-state index in [9.17, 15) is 0 Å². The van der Waals surface area contributed by atoms with E-state index in [1.54, 1.807) is 0 Å².